The maximum atomic E-state index is 12.9. The van der Waals surface area contributed by atoms with E-state index >= 15 is 0 Å². The molecule has 0 radical (unpaired) electrons. The summed E-state index contributed by atoms with van der Waals surface area (Å²) in [4.78, 5) is 16.6. The SMILES string of the molecule is CNc1ccc(SN2CCN(c3nc(C(F)(F)F)c(C#N)s3)CC2)cc1.O=Cc1ccc2c(c1)CCC2. The number of alkyl halides is 3. The van der Waals surface area contributed by atoms with Gasteiger partial charge in [0.15, 0.2) is 10.8 Å². The molecule has 0 saturated carbocycles. The minimum atomic E-state index is -4.60. The predicted molar refractivity (Wildman–Crippen MR) is 141 cm³/mol. The van der Waals surface area contributed by atoms with Crippen LogP contribution in [0, 0.1) is 11.3 Å². The standard InChI is InChI=1S/C16H16F3N5S2.C10H10O/c1-21-11-2-4-12(5-3-11)26-24-8-6-23(7-9-24)15-22-14(16(17,18)19)13(10-20)25-15;11-7-8-4-5-9-2-1-3-10(9)6-8/h2-5,21H,6-9H2,1H3;4-7H,1-3H2. The lowest BCUT2D eigenvalue weighted by Crippen LogP contribution is -2.43. The monoisotopic (exact) mass is 545 g/mol. The van der Waals surface area contributed by atoms with E-state index in [0.717, 1.165) is 40.2 Å². The maximum Gasteiger partial charge on any atom is 0.435 e. The van der Waals surface area contributed by atoms with Crippen molar-refractivity contribution in [3.05, 3.63) is 69.7 Å². The first-order valence-electron chi connectivity index (χ1n) is 11.8. The number of nitrogens with one attached hydrogen (secondary N) is 1. The summed E-state index contributed by atoms with van der Waals surface area (Å²) < 4.78 is 41.0. The number of carbonyl (C=O) groups is 1. The van der Waals surface area contributed by atoms with E-state index in [1.165, 1.54) is 24.0 Å². The summed E-state index contributed by atoms with van der Waals surface area (Å²) >= 11 is 2.43. The first kappa shape index (κ1) is 27.0. The average Bonchev–Trinajstić information content (AvgIpc) is 3.57. The van der Waals surface area contributed by atoms with Crippen molar-refractivity contribution in [1.82, 2.24) is 9.29 Å². The molecule has 0 spiro atoms. The molecule has 37 heavy (non-hydrogen) atoms. The molecule has 1 aromatic heterocycles. The molecule has 2 aromatic carbocycles. The molecule has 11 heteroatoms. The number of hydrogen-bond donors (Lipinski definition) is 1. The largest absolute Gasteiger partial charge is 0.435 e. The summed E-state index contributed by atoms with van der Waals surface area (Å²) in [6.45, 7) is 2.52. The number of thiazole rings is 1. The van der Waals surface area contributed by atoms with E-state index in [0.29, 0.717) is 26.2 Å². The second-order valence-electron chi connectivity index (χ2n) is 8.57. The third-order valence-electron chi connectivity index (χ3n) is 6.13. The predicted octanol–water partition coefficient (Wildman–Crippen LogP) is 5.89. The summed E-state index contributed by atoms with van der Waals surface area (Å²) in [5, 5.41) is 12.2. The smallest absolute Gasteiger partial charge is 0.388 e. The van der Waals surface area contributed by atoms with E-state index in [1.807, 2.05) is 48.3 Å². The van der Waals surface area contributed by atoms with Gasteiger partial charge in [-0.05, 0) is 72.7 Å². The zero-order valence-electron chi connectivity index (χ0n) is 20.2. The Hall–Kier alpha value is -3.07. The minimum Gasteiger partial charge on any atom is -0.388 e. The Kier molecular flexibility index (Phi) is 8.74. The van der Waals surface area contributed by atoms with Crippen LogP contribution in [-0.4, -0.2) is 48.8 Å². The van der Waals surface area contributed by atoms with Crippen molar-refractivity contribution >= 4 is 40.4 Å². The molecule has 1 saturated heterocycles. The van der Waals surface area contributed by atoms with Crippen molar-refractivity contribution in [3.8, 4) is 6.07 Å². The number of benzene rings is 2. The quantitative estimate of drug-likeness (QED) is 0.317. The van der Waals surface area contributed by atoms with Crippen molar-refractivity contribution in [2.45, 2.75) is 30.3 Å². The van der Waals surface area contributed by atoms with Crippen LogP contribution in [0.2, 0.25) is 0 Å². The second kappa shape index (κ2) is 12.0. The molecule has 1 aliphatic heterocycles. The number of anilines is 2. The van der Waals surface area contributed by atoms with Gasteiger partial charge in [-0.25, -0.2) is 9.29 Å². The average molecular weight is 546 g/mol. The molecule has 0 unspecified atom stereocenters. The van der Waals surface area contributed by atoms with Gasteiger partial charge in [0.2, 0.25) is 0 Å². The van der Waals surface area contributed by atoms with Gasteiger partial charge in [0.05, 0.1) is 0 Å². The van der Waals surface area contributed by atoms with Crippen LogP contribution in [0.5, 0.6) is 0 Å². The van der Waals surface area contributed by atoms with Gasteiger partial charge in [-0.2, -0.15) is 18.4 Å². The van der Waals surface area contributed by atoms with E-state index in [9.17, 15) is 18.0 Å². The summed E-state index contributed by atoms with van der Waals surface area (Å²) in [7, 11) is 1.86. The lowest BCUT2D eigenvalue weighted by molar-refractivity contribution is -0.140. The van der Waals surface area contributed by atoms with Crippen LogP contribution in [0.15, 0.2) is 47.4 Å². The lowest BCUT2D eigenvalue weighted by atomic mass is 10.1. The normalized spacial score (nSPS) is 15.4. The molecule has 2 heterocycles. The first-order valence-corrected chi connectivity index (χ1v) is 13.4. The molecule has 0 bridgehead atoms. The van der Waals surface area contributed by atoms with Crippen molar-refractivity contribution in [1.29, 1.82) is 5.26 Å². The molecule has 5 rings (SSSR count). The number of nitriles is 1. The van der Waals surface area contributed by atoms with Crippen molar-refractivity contribution < 1.29 is 18.0 Å². The number of carbonyl (C=O) groups excluding carboxylic acids is 1. The van der Waals surface area contributed by atoms with E-state index in [4.69, 9.17) is 5.26 Å². The number of aryl methyl sites for hydroxylation is 2. The number of aromatic nitrogens is 1. The number of hydrogen-bond acceptors (Lipinski definition) is 8. The van der Waals surface area contributed by atoms with Gasteiger partial charge in [0.25, 0.3) is 0 Å². The lowest BCUT2D eigenvalue weighted by Gasteiger charge is -2.33. The Bertz CT molecular complexity index is 1260. The van der Waals surface area contributed by atoms with E-state index in [2.05, 4.69) is 20.7 Å². The van der Waals surface area contributed by atoms with Gasteiger partial charge >= 0.3 is 6.18 Å². The fraction of sp³-hybridized carbons (Fsp3) is 0.346. The zero-order valence-corrected chi connectivity index (χ0v) is 21.8. The zero-order chi connectivity index (χ0) is 26.4. The number of fused-ring (bicyclic) bond motifs is 1. The van der Waals surface area contributed by atoms with Gasteiger partial charge in [0.1, 0.15) is 17.2 Å². The first-order chi connectivity index (χ1) is 17.8. The highest BCUT2D eigenvalue weighted by molar-refractivity contribution is 7.97. The Balaban J connectivity index is 0.000000241. The second-order valence-corrected chi connectivity index (χ2v) is 10.7. The third-order valence-corrected chi connectivity index (χ3v) is 8.26. The van der Waals surface area contributed by atoms with Gasteiger partial charge in [-0.15, -0.1) is 0 Å². The Morgan fingerprint density at radius 3 is 2.38 bits per heavy atom. The van der Waals surface area contributed by atoms with Crippen LogP contribution in [0.3, 0.4) is 0 Å². The highest BCUT2D eigenvalue weighted by Gasteiger charge is 2.38. The molecule has 194 valence electrons. The van der Waals surface area contributed by atoms with E-state index < -0.39 is 11.9 Å². The fourth-order valence-corrected chi connectivity index (χ4v) is 6.02. The van der Waals surface area contributed by atoms with Crippen LogP contribution >= 0.6 is 23.3 Å². The highest BCUT2D eigenvalue weighted by atomic mass is 32.2. The molecule has 3 aromatic rings. The van der Waals surface area contributed by atoms with Gasteiger partial charge in [0, 0.05) is 49.4 Å². The van der Waals surface area contributed by atoms with Crippen LogP contribution < -0.4 is 10.2 Å². The van der Waals surface area contributed by atoms with Crippen LogP contribution in [-0.2, 0) is 19.0 Å². The van der Waals surface area contributed by atoms with E-state index in [-0.39, 0.29) is 10.0 Å². The third kappa shape index (κ3) is 6.83. The number of rotatable bonds is 5. The molecule has 6 nitrogen and oxygen atoms in total. The number of halogens is 3. The van der Waals surface area contributed by atoms with Gasteiger partial charge in [-0.1, -0.05) is 23.5 Å². The molecule has 1 N–H and O–H groups in total. The van der Waals surface area contributed by atoms with Gasteiger partial charge < -0.3 is 10.2 Å². The maximum absolute atomic E-state index is 12.9. The summed E-state index contributed by atoms with van der Waals surface area (Å²) in [6, 6.07) is 15.6. The molecule has 0 atom stereocenters. The Morgan fingerprint density at radius 2 is 1.78 bits per heavy atom. The molecular formula is C26H26F3N5OS2. The Labute approximate surface area is 222 Å². The van der Waals surface area contributed by atoms with E-state index in [1.54, 1.807) is 18.0 Å². The number of nitrogens with zero attached hydrogens (tertiary/aromatic N) is 4. The molecular weight excluding hydrogens is 519 g/mol. The van der Waals surface area contributed by atoms with Crippen molar-refractivity contribution in [2.24, 2.45) is 0 Å². The topological polar surface area (TPSA) is 72.3 Å². The molecule has 2 aliphatic rings. The summed E-state index contributed by atoms with van der Waals surface area (Å²) in [6.07, 6.45) is -0.0985. The Morgan fingerprint density at radius 1 is 1.08 bits per heavy atom. The van der Waals surface area contributed by atoms with Gasteiger partial charge in [-0.3, -0.25) is 4.79 Å². The van der Waals surface area contributed by atoms with Crippen LogP contribution in [0.1, 0.15) is 38.5 Å². The van der Waals surface area contributed by atoms with Crippen LogP contribution in [0.4, 0.5) is 24.0 Å². The summed E-state index contributed by atoms with van der Waals surface area (Å²) in [5.41, 5.74) is 3.56. The van der Waals surface area contributed by atoms with Crippen molar-refractivity contribution in [3.63, 3.8) is 0 Å². The number of aldehydes is 1. The molecule has 0 amide bonds. The molecule has 1 aliphatic carbocycles. The molecule has 1 fully saturated rings. The summed E-state index contributed by atoms with van der Waals surface area (Å²) in [5.74, 6) is 0. The van der Waals surface area contributed by atoms with Crippen LogP contribution in [0.25, 0.3) is 0 Å². The minimum absolute atomic E-state index is 0.261. The van der Waals surface area contributed by atoms with Crippen molar-refractivity contribution in [2.75, 3.05) is 43.4 Å². The number of piperazine rings is 1. The fourth-order valence-electron chi connectivity index (χ4n) is 4.18. The highest BCUT2D eigenvalue weighted by Crippen LogP contribution is 2.37.